The molecule has 1 aromatic carbocycles. The number of amides is 2. The summed E-state index contributed by atoms with van der Waals surface area (Å²) in [6.45, 7) is 7.61. The van der Waals surface area contributed by atoms with Crippen molar-refractivity contribution in [2.24, 2.45) is 5.41 Å². The van der Waals surface area contributed by atoms with E-state index < -0.39 is 17.9 Å². The molecule has 26 heavy (non-hydrogen) atoms. The molecule has 142 valence electrons. The van der Waals surface area contributed by atoms with Crippen molar-refractivity contribution in [3.05, 3.63) is 40.9 Å². The molecule has 0 aliphatic carbocycles. The number of carboxylic acids is 1. The number of hydrogen-bond donors (Lipinski definition) is 3. The van der Waals surface area contributed by atoms with Crippen molar-refractivity contribution in [2.75, 3.05) is 5.32 Å². The zero-order chi connectivity index (χ0) is 19.9. The maximum absolute atomic E-state index is 12.4. The molecule has 0 aromatic heterocycles. The van der Waals surface area contributed by atoms with Gasteiger partial charge in [0.1, 0.15) is 6.04 Å². The Labute approximate surface area is 158 Å². The van der Waals surface area contributed by atoms with Gasteiger partial charge in [-0.15, -0.1) is 0 Å². The molecule has 2 amide bonds. The summed E-state index contributed by atoms with van der Waals surface area (Å²) in [5, 5.41) is 14.5. The Morgan fingerprint density at radius 1 is 1.27 bits per heavy atom. The molecule has 6 nitrogen and oxygen atoms in total. The van der Waals surface area contributed by atoms with E-state index in [1.165, 1.54) is 12.1 Å². The molecule has 0 saturated heterocycles. The van der Waals surface area contributed by atoms with Gasteiger partial charge in [-0.25, -0.2) is 4.79 Å². The summed E-state index contributed by atoms with van der Waals surface area (Å²) in [7, 11) is 0. The smallest absolute Gasteiger partial charge is 0.326 e. The van der Waals surface area contributed by atoms with Crippen molar-refractivity contribution < 1.29 is 19.5 Å². The molecule has 0 fully saturated rings. The topological polar surface area (TPSA) is 95.5 Å². The van der Waals surface area contributed by atoms with Gasteiger partial charge in [-0.05, 0) is 37.0 Å². The number of nitrogens with one attached hydrogen (secondary N) is 2. The van der Waals surface area contributed by atoms with Crippen molar-refractivity contribution in [1.82, 2.24) is 5.32 Å². The minimum Gasteiger partial charge on any atom is -0.480 e. The van der Waals surface area contributed by atoms with Crippen LogP contribution in [0.5, 0.6) is 0 Å². The first-order chi connectivity index (χ1) is 12.0. The Morgan fingerprint density at radius 3 is 2.46 bits per heavy atom. The van der Waals surface area contributed by atoms with Gasteiger partial charge in [0.25, 0.3) is 5.91 Å². The first-order valence-electron chi connectivity index (χ1n) is 8.27. The fourth-order valence-corrected chi connectivity index (χ4v) is 2.40. The van der Waals surface area contributed by atoms with Gasteiger partial charge >= 0.3 is 5.97 Å². The molecule has 7 heteroatoms. The monoisotopic (exact) mass is 380 g/mol. The second-order valence-electron chi connectivity index (χ2n) is 7.15. The van der Waals surface area contributed by atoms with E-state index in [-0.39, 0.29) is 28.3 Å². The minimum atomic E-state index is -1.14. The van der Waals surface area contributed by atoms with Gasteiger partial charge in [-0.3, -0.25) is 9.59 Å². The number of aliphatic carboxylic acids is 1. The fraction of sp³-hybridized carbons (Fsp3) is 0.421. The minimum absolute atomic E-state index is 0.104. The summed E-state index contributed by atoms with van der Waals surface area (Å²) in [6, 6.07) is 3.46. The van der Waals surface area contributed by atoms with Gasteiger partial charge in [0.15, 0.2) is 0 Å². The van der Waals surface area contributed by atoms with E-state index in [4.69, 9.17) is 11.6 Å². The third-order valence-electron chi connectivity index (χ3n) is 3.40. The van der Waals surface area contributed by atoms with Crippen molar-refractivity contribution in [3.63, 3.8) is 0 Å². The van der Waals surface area contributed by atoms with E-state index in [2.05, 4.69) is 10.6 Å². The van der Waals surface area contributed by atoms with E-state index in [0.717, 1.165) is 0 Å². The van der Waals surface area contributed by atoms with Crippen LogP contribution in [0.4, 0.5) is 5.69 Å². The zero-order valence-corrected chi connectivity index (χ0v) is 16.2. The van der Waals surface area contributed by atoms with Crippen LogP contribution in [0.3, 0.4) is 0 Å². The Balaban J connectivity index is 2.93. The van der Waals surface area contributed by atoms with Crippen LogP contribution in [0.2, 0.25) is 5.02 Å². The first kappa shape index (κ1) is 21.7. The normalized spacial score (nSPS) is 12.7. The third kappa shape index (κ3) is 7.27. The molecule has 0 heterocycles. The van der Waals surface area contributed by atoms with Crippen molar-refractivity contribution in [3.8, 4) is 0 Å². The van der Waals surface area contributed by atoms with Crippen molar-refractivity contribution >= 4 is 35.1 Å². The average molecular weight is 381 g/mol. The standard InChI is InChI=1S/C19H25ClN2O4/c1-5-6-7-15(18(25)26)22-17(24)13-10-12(8-9-14(13)20)21-16(23)11-19(2,3)4/h5-6,8-10,15H,7,11H2,1-4H3,(H,21,23)(H,22,24)(H,25,26)/b6-5+. The molecule has 0 aliphatic rings. The van der Waals surface area contributed by atoms with Crippen molar-refractivity contribution in [1.29, 1.82) is 0 Å². The number of hydrogen-bond acceptors (Lipinski definition) is 3. The molecule has 0 radical (unpaired) electrons. The van der Waals surface area contributed by atoms with E-state index >= 15 is 0 Å². The summed E-state index contributed by atoms with van der Waals surface area (Å²) < 4.78 is 0. The Bertz CT molecular complexity index is 708. The van der Waals surface area contributed by atoms with E-state index in [1.807, 2.05) is 20.8 Å². The highest BCUT2D eigenvalue weighted by molar-refractivity contribution is 6.34. The van der Waals surface area contributed by atoms with Crippen LogP contribution >= 0.6 is 11.6 Å². The number of carboxylic acid groups (broad SMARTS) is 1. The van der Waals surface area contributed by atoms with Gasteiger partial charge in [0.2, 0.25) is 5.91 Å². The number of anilines is 1. The van der Waals surface area contributed by atoms with Crippen LogP contribution < -0.4 is 10.6 Å². The van der Waals surface area contributed by atoms with Crippen LogP contribution in [0.15, 0.2) is 30.4 Å². The lowest BCUT2D eigenvalue weighted by atomic mass is 9.92. The highest BCUT2D eigenvalue weighted by Gasteiger charge is 2.21. The lowest BCUT2D eigenvalue weighted by Gasteiger charge is -2.18. The predicted octanol–water partition coefficient (Wildman–Crippen LogP) is 3.86. The quantitative estimate of drug-likeness (QED) is 0.626. The maximum atomic E-state index is 12.4. The molecule has 1 atom stereocenters. The second kappa shape index (κ2) is 9.38. The number of rotatable bonds is 7. The Kier molecular flexibility index (Phi) is 7.83. The molecule has 0 spiro atoms. The summed E-state index contributed by atoms with van der Waals surface area (Å²) in [5.74, 6) is -1.93. The number of halogens is 1. The van der Waals surface area contributed by atoms with Gasteiger partial charge in [-0.2, -0.15) is 0 Å². The Hall–Kier alpha value is -2.34. The summed E-state index contributed by atoms with van der Waals surface area (Å²) in [6.07, 6.45) is 3.85. The van der Waals surface area contributed by atoms with E-state index in [9.17, 15) is 19.5 Å². The maximum Gasteiger partial charge on any atom is 0.326 e. The summed E-state index contributed by atoms with van der Waals surface area (Å²) >= 11 is 6.07. The van der Waals surface area contributed by atoms with Crippen LogP contribution in [-0.4, -0.2) is 28.9 Å². The van der Waals surface area contributed by atoms with Gasteiger partial charge in [0.05, 0.1) is 10.6 Å². The summed E-state index contributed by atoms with van der Waals surface area (Å²) in [4.78, 5) is 35.7. The van der Waals surface area contributed by atoms with E-state index in [0.29, 0.717) is 12.1 Å². The SMILES string of the molecule is C/C=C/CC(NC(=O)c1cc(NC(=O)CC(C)(C)C)ccc1Cl)C(=O)O. The number of benzene rings is 1. The number of allylic oxidation sites excluding steroid dienone is 1. The second-order valence-corrected chi connectivity index (χ2v) is 7.56. The Morgan fingerprint density at radius 2 is 1.92 bits per heavy atom. The third-order valence-corrected chi connectivity index (χ3v) is 3.73. The largest absolute Gasteiger partial charge is 0.480 e. The lowest BCUT2D eigenvalue weighted by molar-refractivity contribution is -0.139. The van der Waals surface area contributed by atoms with Gasteiger partial charge in [0, 0.05) is 12.1 Å². The molecule has 1 rings (SSSR count). The van der Waals surface area contributed by atoms with Crippen LogP contribution in [0.25, 0.3) is 0 Å². The van der Waals surface area contributed by atoms with Gasteiger partial charge in [-0.1, -0.05) is 44.5 Å². The number of carbonyl (C=O) groups is 3. The highest BCUT2D eigenvalue weighted by atomic mass is 35.5. The first-order valence-corrected chi connectivity index (χ1v) is 8.65. The van der Waals surface area contributed by atoms with Crippen LogP contribution in [0.1, 0.15) is 50.9 Å². The summed E-state index contributed by atoms with van der Waals surface area (Å²) in [5.41, 5.74) is 0.360. The predicted molar refractivity (Wildman–Crippen MR) is 102 cm³/mol. The van der Waals surface area contributed by atoms with Crippen LogP contribution in [-0.2, 0) is 9.59 Å². The highest BCUT2D eigenvalue weighted by Crippen LogP contribution is 2.23. The zero-order valence-electron chi connectivity index (χ0n) is 15.4. The number of carbonyl (C=O) groups excluding carboxylic acids is 2. The van der Waals surface area contributed by atoms with Gasteiger partial charge < -0.3 is 15.7 Å². The van der Waals surface area contributed by atoms with E-state index in [1.54, 1.807) is 25.1 Å². The molecular formula is C19H25ClN2O4. The lowest BCUT2D eigenvalue weighted by Crippen LogP contribution is -2.40. The molecule has 0 bridgehead atoms. The van der Waals surface area contributed by atoms with Crippen molar-refractivity contribution in [2.45, 2.75) is 46.6 Å². The molecular weight excluding hydrogens is 356 g/mol. The van der Waals surface area contributed by atoms with Crippen LogP contribution in [0, 0.1) is 5.41 Å². The molecule has 0 aliphatic heterocycles. The average Bonchev–Trinajstić information content (AvgIpc) is 2.50. The fourth-order valence-electron chi connectivity index (χ4n) is 2.19. The molecule has 0 saturated carbocycles. The molecule has 1 unspecified atom stereocenters. The molecule has 3 N–H and O–H groups in total. The molecule has 1 aromatic rings.